The molecule has 0 spiro atoms. The van der Waals surface area contributed by atoms with E-state index < -0.39 is 11.1 Å². The van der Waals surface area contributed by atoms with Crippen LogP contribution in [0.2, 0.25) is 0 Å². The molecule has 2 rings (SSSR count). The fourth-order valence-corrected chi connectivity index (χ4v) is 3.08. The molecule has 0 fully saturated rings. The largest absolute Gasteiger partial charge is 0.0831 e. The summed E-state index contributed by atoms with van der Waals surface area (Å²) in [5.74, 6) is 0. The quantitative estimate of drug-likeness (QED) is 0.333. The lowest BCUT2D eigenvalue weighted by Crippen LogP contribution is -2.18. The molecule has 0 heterocycles. The molecule has 25 heavy (non-hydrogen) atoms. The fraction of sp³-hybridized carbons (Fsp3) is 0.368. The zero-order valence-corrected chi connectivity index (χ0v) is 15.0. The minimum atomic E-state index is -0.638. The molecule has 2 aromatic carbocycles. The van der Waals surface area contributed by atoms with Gasteiger partial charge in [0.1, 0.15) is 0 Å². The van der Waals surface area contributed by atoms with Gasteiger partial charge in [-0.3, -0.25) is 0 Å². The molecule has 0 atom stereocenters. The van der Waals surface area contributed by atoms with Crippen LogP contribution in [0.5, 0.6) is 0 Å². The minimum Gasteiger partial charge on any atom is -0.0831 e. The van der Waals surface area contributed by atoms with Crippen LogP contribution in [0.4, 0.5) is 0 Å². The minimum absolute atomic E-state index is 0.638. The molecule has 0 aromatic heterocycles. The SMILES string of the molecule is CC(C)(N=[N+]=[N-])c1ccccc1Cc1ccccc1C(C)(C)N=[N+]=[N-]. The summed E-state index contributed by atoms with van der Waals surface area (Å²) in [5, 5.41) is 7.89. The van der Waals surface area contributed by atoms with Gasteiger partial charge >= 0.3 is 0 Å². The van der Waals surface area contributed by atoms with Crippen LogP contribution < -0.4 is 0 Å². The van der Waals surface area contributed by atoms with Crippen molar-refractivity contribution < 1.29 is 0 Å². The molecule has 6 nitrogen and oxygen atoms in total. The Hall–Kier alpha value is -2.94. The Balaban J connectivity index is 2.53. The summed E-state index contributed by atoms with van der Waals surface area (Å²) < 4.78 is 0. The Labute approximate surface area is 147 Å². The Morgan fingerprint density at radius 3 is 1.44 bits per heavy atom. The summed E-state index contributed by atoms with van der Waals surface area (Å²) in [5.41, 5.74) is 20.6. The van der Waals surface area contributed by atoms with Crippen molar-refractivity contribution in [3.63, 3.8) is 0 Å². The lowest BCUT2D eigenvalue weighted by atomic mass is 9.84. The molecule has 0 unspecified atom stereocenters. The fourth-order valence-electron chi connectivity index (χ4n) is 3.08. The molecule has 2 aromatic rings. The Kier molecular flexibility index (Phi) is 5.38. The molecule has 0 saturated carbocycles. The van der Waals surface area contributed by atoms with E-state index in [1.165, 1.54) is 0 Å². The summed E-state index contributed by atoms with van der Waals surface area (Å²) in [6.45, 7) is 7.62. The van der Waals surface area contributed by atoms with Gasteiger partial charge in [0.05, 0.1) is 11.1 Å². The maximum atomic E-state index is 8.87. The summed E-state index contributed by atoms with van der Waals surface area (Å²) in [6.07, 6.45) is 0.668. The van der Waals surface area contributed by atoms with E-state index in [-0.39, 0.29) is 0 Å². The van der Waals surface area contributed by atoms with Crippen LogP contribution in [0.3, 0.4) is 0 Å². The van der Waals surface area contributed by atoms with Gasteiger partial charge in [0.25, 0.3) is 0 Å². The lowest BCUT2D eigenvalue weighted by molar-refractivity contribution is 0.539. The van der Waals surface area contributed by atoms with Gasteiger partial charge in [-0.1, -0.05) is 86.5 Å². The Morgan fingerprint density at radius 1 is 0.720 bits per heavy atom. The van der Waals surface area contributed by atoms with E-state index in [2.05, 4.69) is 20.1 Å². The van der Waals surface area contributed by atoms with Crippen LogP contribution in [0.25, 0.3) is 20.9 Å². The molecule has 0 aliphatic rings. The number of hydrogen-bond acceptors (Lipinski definition) is 2. The predicted molar refractivity (Wildman–Crippen MR) is 100 cm³/mol. The van der Waals surface area contributed by atoms with Crippen LogP contribution in [0.15, 0.2) is 58.8 Å². The van der Waals surface area contributed by atoms with Crippen molar-refractivity contribution in [2.45, 2.75) is 45.2 Å². The summed E-state index contributed by atoms with van der Waals surface area (Å²) >= 11 is 0. The third-order valence-corrected chi connectivity index (χ3v) is 4.32. The molecule has 0 amide bonds. The molecule has 128 valence electrons. The third kappa shape index (κ3) is 4.13. The number of hydrogen-bond donors (Lipinski definition) is 0. The highest BCUT2D eigenvalue weighted by atomic mass is 15.2. The van der Waals surface area contributed by atoms with Crippen molar-refractivity contribution in [2.24, 2.45) is 10.2 Å². The van der Waals surface area contributed by atoms with E-state index in [1.807, 2.05) is 76.2 Å². The summed E-state index contributed by atoms with van der Waals surface area (Å²) in [6, 6.07) is 15.9. The van der Waals surface area contributed by atoms with E-state index >= 15 is 0 Å². The predicted octanol–water partition coefficient (Wildman–Crippen LogP) is 6.37. The van der Waals surface area contributed by atoms with Crippen molar-refractivity contribution >= 4 is 0 Å². The zero-order chi connectivity index (χ0) is 18.5. The van der Waals surface area contributed by atoms with Gasteiger partial charge in [-0.15, -0.1) is 0 Å². The first-order valence-corrected chi connectivity index (χ1v) is 8.11. The van der Waals surface area contributed by atoms with E-state index in [9.17, 15) is 0 Å². The number of nitrogens with zero attached hydrogens (tertiary/aromatic N) is 6. The third-order valence-electron chi connectivity index (χ3n) is 4.32. The van der Waals surface area contributed by atoms with Gasteiger partial charge in [0.15, 0.2) is 0 Å². The highest BCUT2D eigenvalue weighted by molar-refractivity contribution is 5.41. The molecule has 0 aliphatic heterocycles. The first-order valence-electron chi connectivity index (χ1n) is 8.11. The molecule has 0 N–H and O–H groups in total. The molecule has 0 aliphatic carbocycles. The van der Waals surface area contributed by atoms with Crippen molar-refractivity contribution in [2.75, 3.05) is 0 Å². The Bertz CT molecular complexity index is 784. The first kappa shape index (κ1) is 18.4. The van der Waals surface area contributed by atoms with Crippen LogP contribution in [0.1, 0.15) is 49.9 Å². The Morgan fingerprint density at radius 2 is 1.08 bits per heavy atom. The second-order valence-corrected chi connectivity index (χ2v) is 6.99. The van der Waals surface area contributed by atoms with Crippen LogP contribution in [-0.2, 0) is 17.5 Å². The van der Waals surface area contributed by atoms with Crippen molar-refractivity contribution in [1.29, 1.82) is 0 Å². The van der Waals surface area contributed by atoms with Gasteiger partial charge in [-0.05, 0) is 39.7 Å². The van der Waals surface area contributed by atoms with Gasteiger partial charge in [-0.25, -0.2) is 0 Å². The van der Waals surface area contributed by atoms with Crippen molar-refractivity contribution in [3.8, 4) is 0 Å². The van der Waals surface area contributed by atoms with Crippen LogP contribution >= 0.6 is 0 Å². The molecular formula is C19H22N6. The van der Waals surface area contributed by atoms with Crippen molar-refractivity contribution in [1.82, 2.24) is 0 Å². The second-order valence-electron chi connectivity index (χ2n) is 6.99. The van der Waals surface area contributed by atoms with Crippen molar-refractivity contribution in [3.05, 3.63) is 91.7 Å². The first-order chi connectivity index (χ1) is 11.8. The number of rotatable bonds is 6. The van der Waals surface area contributed by atoms with Crippen LogP contribution in [-0.4, -0.2) is 0 Å². The maximum Gasteiger partial charge on any atom is 0.0684 e. The zero-order valence-electron chi connectivity index (χ0n) is 15.0. The highest BCUT2D eigenvalue weighted by Gasteiger charge is 2.25. The smallest absolute Gasteiger partial charge is 0.0684 e. The second kappa shape index (κ2) is 7.31. The van der Waals surface area contributed by atoms with E-state index in [1.54, 1.807) is 0 Å². The number of azide groups is 2. The van der Waals surface area contributed by atoms with E-state index in [0.717, 1.165) is 22.3 Å². The molecule has 0 bridgehead atoms. The maximum absolute atomic E-state index is 8.87. The number of benzene rings is 2. The molecule has 0 saturated heterocycles. The average Bonchev–Trinajstić information content (AvgIpc) is 2.55. The van der Waals surface area contributed by atoms with Crippen LogP contribution in [0, 0.1) is 0 Å². The average molecular weight is 334 g/mol. The molecular weight excluding hydrogens is 312 g/mol. The van der Waals surface area contributed by atoms with E-state index in [4.69, 9.17) is 11.1 Å². The molecule has 0 radical (unpaired) electrons. The summed E-state index contributed by atoms with van der Waals surface area (Å²) in [7, 11) is 0. The van der Waals surface area contributed by atoms with Gasteiger partial charge in [0.2, 0.25) is 0 Å². The highest BCUT2D eigenvalue weighted by Crippen LogP contribution is 2.33. The lowest BCUT2D eigenvalue weighted by Gasteiger charge is -2.25. The monoisotopic (exact) mass is 334 g/mol. The summed E-state index contributed by atoms with van der Waals surface area (Å²) in [4.78, 5) is 5.97. The standard InChI is InChI=1S/C19H22N6/c1-18(2,22-24-20)16-11-7-5-9-14(16)13-15-10-6-8-12-17(15)19(3,4)23-25-21/h5-12H,13H2,1-4H3. The van der Waals surface area contributed by atoms with Gasteiger partial charge < -0.3 is 0 Å². The normalized spacial score (nSPS) is 11.4. The van der Waals surface area contributed by atoms with E-state index in [0.29, 0.717) is 6.42 Å². The molecule has 6 heteroatoms. The van der Waals surface area contributed by atoms with Gasteiger partial charge in [-0.2, -0.15) is 0 Å². The van der Waals surface area contributed by atoms with Gasteiger partial charge in [0, 0.05) is 9.82 Å². The topological polar surface area (TPSA) is 97.5 Å².